The molecule has 6 nitrogen and oxygen atoms in total. The zero-order chi connectivity index (χ0) is 13.1. The van der Waals surface area contributed by atoms with Crippen LogP contribution >= 0.6 is 11.6 Å². The number of alkyl halides is 1. The van der Waals surface area contributed by atoms with Crippen LogP contribution in [0.3, 0.4) is 0 Å². The molecule has 0 radical (unpaired) electrons. The number of carbonyl (C=O) groups excluding carboxylic acids is 2. The first-order valence-corrected chi connectivity index (χ1v) is 5.45. The Bertz CT molecular complexity index is 428. The van der Waals surface area contributed by atoms with Crippen LogP contribution in [0.1, 0.15) is 30.0 Å². The van der Waals surface area contributed by atoms with Crippen molar-refractivity contribution in [3.8, 4) is 0 Å². The highest BCUT2D eigenvalue weighted by Crippen LogP contribution is 2.18. The van der Waals surface area contributed by atoms with Crippen LogP contribution in [0.2, 0.25) is 0 Å². The van der Waals surface area contributed by atoms with Crippen molar-refractivity contribution in [1.82, 2.24) is 15.5 Å². The predicted octanol–water partition coefficient (Wildman–Crippen LogP) is 0.786. The van der Waals surface area contributed by atoms with E-state index in [9.17, 15) is 9.59 Å². The highest BCUT2D eigenvalue weighted by Gasteiger charge is 2.26. The standard InChI is InChI=1S/C10H14ClN3O3/c1-10(2,12-8(15)5-11)7-4-6(13-14-7)9(16)17-3/h4H,5H2,1-3H3,(H,12,15)(H,13,14). The molecule has 2 N–H and O–H groups in total. The SMILES string of the molecule is COC(=O)c1cc(C(C)(C)NC(=O)CCl)[nH]n1. The molecule has 0 aliphatic rings. The number of amides is 1. The molecular weight excluding hydrogens is 246 g/mol. The van der Waals surface area contributed by atoms with Gasteiger partial charge in [0.25, 0.3) is 0 Å². The molecule has 1 aromatic rings. The van der Waals surface area contributed by atoms with Crippen LogP contribution < -0.4 is 5.32 Å². The fraction of sp³-hybridized carbons (Fsp3) is 0.500. The van der Waals surface area contributed by atoms with Crippen molar-refractivity contribution in [2.24, 2.45) is 0 Å². The van der Waals surface area contributed by atoms with E-state index in [1.807, 2.05) is 0 Å². The molecular formula is C10H14ClN3O3. The number of nitrogens with one attached hydrogen (secondary N) is 2. The number of rotatable bonds is 4. The number of methoxy groups -OCH3 is 1. The van der Waals surface area contributed by atoms with Crippen LogP contribution in [0.15, 0.2) is 6.07 Å². The summed E-state index contributed by atoms with van der Waals surface area (Å²) in [6.45, 7) is 3.54. The molecule has 94 valence electrons. The summed E-state index contributed by atoms with van der Waals surface area (Å²) in [5, 5.41) is 9.18. The van der Waals surface area contributed by atoms with Gasteiger partial charge in [0.15, 0.2) is 5.69 Å². The summed E-state index contributed by atoms with van der Waals surface area (Å²) in [5.74, 6) is -0.959. The number of halogens is 1. The van der Waals surface area contributed by atoms with Gasteiger partial charge in [-0.3, -0.25) is 9.89 Å². The van der Waals surface area contributed by atoms with Crippen LogP contribution in [-0.4, -0.2) is 35.1 Å². The van der Waals surface area contributed by atoms with Gasteiger partial charge in [-0.1, -0.05) is 0 Å². The average Bonchev–Trinajstić information content (AvgIpc) is 2.77. The highest BCUT2D eigenvalue weighted by molar-refractivity contribution is 6.27. The largest absolute Gasteiger partial charge is 0.464 e. The number of hydrogen-bond donors (Lipinski definition) is 2. The topological polar surface area (TPSA) is 84.1 Å². The number of aromatic nitrogens is 2. The van der Waals surface area contributed by atoms with Crippen LogP contribution in [0.25, 0.3) is 0 Å². The van der Waals surface area contributed by atoms with Gasteiger partial charge in [-0.25, -0.2) is 4.79 Å². The third-order valence-electron chi connectivity index (χ3n) is 2.22. The van der Waals surface area contributed by atoms with Crippen molar-refractivity contribution in [3.63, 3.8) is 0 Å². The van der Waals surface area contributed by atoms with E-state index in [0.29, 0.717) is 5.69 Å². The summed E-state index contributed by atoms with van der Waals surface area (Å²) < 4.78 is 4.53. The minimum atomic E-state index is -0.689. The van der Waals surface area contributed by atoms with Gasteiger partial charge in [0, 0.05) is 0 Å². The molecule has 1 amide bonds. The van der Waals surface area contributed by atoms with Gasteiger partial charge >= 0.3 is 5.97 Å². The summed E-state index contributed by atoms with van der Waals surface area (Å²) in [6.07, 6.45) is 0. The van der Waals surface area contributed by atoms with Gasteiger partial charge in [0.2, 0.25) is 5.91 Å². The van der Waals surface area contributed by atoms with Crippen molar-refractivity contribution >= 4 is 23.5 Å². The van der Waals surface area contributed by atoms with Gasteiger partial charge in [-0.05, 0) is 19.9 Å². The molecule has 7 heteroatoms. The highest BCUT2D eigenvalue weighted by atomic mass is 35.5. The van der Waals surface area contributed by atoms with Crippen LogP contribution in [0.4, 0.5) is 0 Å². The Hall–Kier alpha value is -1.56. The number of aromatic amines is 1. The van der Waals surface area contributed by atoms with Gasteiger partial charge in [-0.15, -0.1) is 11.6 Å². The fourth-order valence-corrected chi connectivity index (χ4v) is 1.37. The van der Waals surface area contributed by atoms with Crippen molar-refractivity contribution in [2.45, 2.75) is 19.4 Å². The lowest BCUT2D eigenvalue weighted by molar-refractivity contribution is -0.120. The number of nitrogens with zero attached hydrogens (tertiary/aromatic N) is 1. The maximum atomic E-state index is 11.2. The third-order valence-corrected chi connectivity index (χ3v) is 2.46. The quantitative estimate of drug-likeness (QED) is 0.618. The molecule has 0 aliphatic heterocycles. The second-order valence-electron chi connectivity index (χ2n) is 3.97. The van der Waals surface area contributed by atoms with Gasteiger partial charge in [0.1, 0.15) is 5.88 Å². The van der Waals surface area contributed by atoms with Crippen molar-refractivity contribution in [3.05, 3.63) is 17.5 Å². The molecule has 0 bridgehead atoms. The van der Waals surface area contributed by atoms with Crippen molar-refractivity contribution in [2.75, 3.05) is 13.0 Å². The molecule has 0 fully saturated rings. The monoisotopic (exact) mass is 259 g/mol. The van der Waals surface area contributed by atoms with Gasteiger partial charge in [0.05, 0.1) is 18.3 Å². The molecule has 1 aromatic heterocycles. The summed E-state index contributed by atoms with van der Waals surface area (Å²) in [6, 6.07) is 1.53. The Morgan fingerprint density at radius 3 is 2.76 bits per heavy atom. The Balaban J connectivity index is 2.88. The van der Waals surface area contributed by atoms with E-state index in [-0.39, 0.29) is 17.5 Å². The van der Waals surface area contributed by atoms with Gasteiger partial charge in [-0.2, -0.15) is 5.10 Å². The summed E-state index contributed by atoms with van der Waals surface area (Å²) >= 11 is 5.41. The number of esters is 1. The first-order chi connectivity index (χ1) is 7.90. The van der Waals surface area contributed by atoms with Gasteiger partial charge < -0.3 is 10.1 Å². The molecule has 0 saturated heterocycles. The average molecular weight is 260 g/mol. The Kier molecular flexibility index (Phi) is 4.11. The Morgan fingerprint density at radius 1 is 1.59 bits per heavy atom. The van der Waals surface area contributed by atoms with E-state index in [2.05, 4.69) is 20.3 Å². The number of hydrogen-bond acceptors (Lipinski definition) is 4. The molecule has 1 rings (SSSR count). The second kappa shape index (κ2) is 5.18. The Morgan fingerprint density at radius 2 is 2.24 bits per heavy atom. The first-order valence-electron chi connectivity index (χ1n) is 4.92. The summed E-state index contributed by atoms with van der Waals surface area (Å²) in [7, 11) is 1.27. The smallest absolute Gasteiger partial charge is 0.358 e. The molecule has 17 heavy (non-hydrogen) atoms. The van der Waals surface area contributed by atoms with Crippen molar-refractivity contribution in [1.29, 1.82) is 0 Å². The fourth-order valence-electron chi connectivity index (χ4n) is 1.30. The minimum Gasteiger partial charge on any atom is -0.464 e. The Labute approximate surface area is 104 Å². The second-order valence-corrected chi connectivity index (χ2v) is 4.23. The van der Waals surface area contributed by atoms with E-state index in [1.54, 1.807) is 13.8 Å². The molecule has 1 heterocycles. The van der Waals surface area contributed by atoms with Crippen LogP contribution in [-0.2, 0) is 15.1 Å². The van der Waals surface area contributed by atoms with Crippen molar-refractivity contribution < 1.29 is 14.3 Å². The minimum absolute atomic E-state index is 0.124. The summed E-state index contributed by atoms with van der Waals surface area (Å²) in [4.78, 5) is 22.4. The number of carbonyl (C=O) groups is 2. The third kappa shape index (κ3) is 3.20. The molecule has 0 saturated carbocycles. The van der Waals surface area contributed by atoms with Crippen LogP contribution in [0, 0.1) is 0 Å². The van der Waals surface area contributed by atoms with E-state index >= 15 is 0 Å². The normalized spacial score (nSPS) is 11.1. The summed E-state index contributed by atoms with van der Waals surface area (Å²) in [5.41, 5.74) is 0.0673. The lowest BCUT2D eigenvalue weighted by Gasteiger charge is -2.24. The van der Waals surface area contributed by atoms with Crippen LogP contribution in [0.5, 0.6) is 0 Å². The predicted molar refractivity (Wildman–Crippen MR) is 61.8 cm³/mol. The van der Waals surface area contributed by atoms with E-state index in [0.717, 1.165) is 0 Å². The molecule has 0 unspecified atom stereocenters. The zero-order valence-corrected chi connectivity index (χ0v) is 10.6. The molecule has 0 aromatic carbocycles. The maximum Gasteiger partial charge on any atom is 0.358 e. The first kappa shape index (κ1) is 13.5. The molecule has 0 atom stereocenters. The van der Waals surface area contributed by atoms with E-state index in [1.165, 1.54) is 13.2 Å². The molecule has 0 aliphatic carbocycles. The number of ether oxygens (including phenoxy) is 1. The van der Waals surface area contributed by atoms with E-state index in [4.69, 9.17) is 11.6 Å². The lowest BCUT2D eigenvalue weighted by Crippen LogP contribution is -2.41. The lowest BCUT2D eigenvalue weighted by atomic mass is 10.0. The molecule has 0 spiro atoms. The number of H-pyrrole nitrogens is 1. The zero-order valence-electron chi connectivity index (χ0n) is 9.83. The maximum absolute atomic E-state index is 11.2. The van der Waals surface area contributed by atoms with E-state index < -0.39 is 11.5 Å².